The molecule has 1 fully saturated rings. The van der Waals surface area contributed by atoms with Crippen LogP contribution in [0.3, 0.4) is 0 Å². The Morgan fingerprint density at radius 2 is 2.18 bits per heavy atom. The number of hydrogen-bond acceptors (Lipinski definition) is 4. The molecule has 1 aliphatic heterocycles. The number of nitrogens with one attached hydrogen (secondary N) is 1. The first-order chi connectivity index (χ1) is 10.6. The SMILES string of the molecule is Cc1ccc(C(=O)Nc2nc(CN3CCCC3)cs2)cc1F. The summed E-state index contributed by atoms with van der Waals surface area (Å²) in [5.74, 6) is -0.706. The van der Waals surface area contributed by atoms with Gasteiger partial charge < -0.3 is 0 Å². The van der Waals surface area contributed by atoms with E-state index in [0.717, 1.165) is 25.3 Å². The van der Waals surface area contributed by atoms with Crippen LogP contribution in [0.25, 0.3) is 0 Å². The monoisotopic (exact) mass is 319 g/mol. The number of rotatable bonds is 4. The Bertz CT molecular complexity index is 680. The van der Waals surface area contributed by atoms with E-state index in [9.17, 15) is 9.18 Å². The van der Waals surface area contributed by atoms with Crippen molar-refractivity contribution in [1.82, 2.24) is 9.88 Å². The standard InChI is InChI=1S/C16H18FN3OS/c1-11-4-5-12(8-14(11)17)15(21)19-16-18-13(10-22-16)9-20-6-2-3-7-20/h4-5,8,10H,2-3,6-7,9H2,1H3,(H,18,19,21). The summed E-state index contributed by atoms with van der Waals surface area (Å²) < 4.78 is 13.5. The highest BCUT2D eigenvalue weighted by atomic mass is 32.1. The van der Waals surface area contributed by atoms with Gasteiger partial charge in [-0.3, -0.25) is 15.0 Å². The predicted octanol–water partition coefficient (Wildman–Crippen LogP) is 3.44. The lowest BCUT2D eigenvalue weighted by Crippen LogP contribution is -2.18. The van der Waals surface area contributed by atoms with Crippen LogP contribution in [0.2, 0.25) is 0 Å². The van der Waals surface area contributed by atoms with E-state index in [4.69, 9.17) is 0 Å². The van der Waals surface area contributed by atoms with E-state index in [-0.39, 0.29) is 11.7 Å². The average Bonchev–Trinajstić information content (AvgIpc) is 3.14. The third-order valence-corrected chi connectivity index (χ3v) is 4.60. The third-order valence-electron chi connectivity index (χ3n) is 3.79. The number of thiazole rings is 1. The fraction of sp³-hybridized carbons (Fsp3) is 0.375. The van der Waals surface area contributed by atoms with Crippen LogP contribution in [0.4, 0.5) is 9.52 Å². The van der Waals surface area contributed by atoms with E-state index < -0.39 is 0 Å². The number of halogens is 1. The molecule has 0 radical (unpaired) electrons. The van der Waals surface area contributed by atoms with Gasteiger partial charge in [-0.05, 0) is 50.6 Å². The molecule has 2 heterocycles. The second kappa shape index (κ2) is 6.54. The van der Waals surface area contributed by atoms with E-state index >= 15 is 0 Å². The van der Waals surface area contributed by atoms with Crippen molar-refractivity contribution in [3.63, 3.8) is 0 Å². The van der Waals surface area contributed by atoms with Crippen LogP contribution in [-0.4, -0.2) is 28.9 Å². The number of likely N-dealkylation sites (tertiary alicyclic amines) is 1. The molecule has 0 bridgehead atoms. The number of carbonyl (C=O) groups excluding carboxylic acids is 1. The van der Waals surface area contributed by atoms with Crippen LogP contribution >= 0.6 is 11.3 Å². The number of carbonyl (C=O) groups is 1. The topological polar surface area (TPSA) is 45.2 Å². The molecular formula is C16H18FN3OS. The maximum absolute atomic E-state index is 13.5. The van der Waals surface area contributed by atoms with Gasteiger partial charge in [-0.25, -0.2) is 9.37 Å². The summed E-state index contributed by atoms with van der Waals surface area (Å²) in [5.41, 5.74) is 1.80. The van der Waals surface area contributed by atoms with Gasteiger partial charge in [-0.2, -0.15) is 0 Å². The van der Waals surface area contributed by atoms with E-state index in [1.54, 1.807) is 19.1 Å². The molecule has 1 saturated heterocycles. The van der Waals surface area contributed by atoms with Gasteiger partial charge in [0.05, 0.1) is 5.69 Å². The minimum absolute atomic E-state index is 0.305. The largest absolute Gasteiger partial charge is 0.298 e. The van der Waals surface area contributed by atoms with E-state index in [0.29, 0.717) is 16.3 Å². The highest BCUT2D eigenvalue weighted by molar-refractivity contribution is 7.13. The molecule has 2 aromatic rings. The second-order valence-electron chi connectivity index (χ2n) is 5.55. The van der Waals surface area contributed by atoms with Crippen LogP contribution in [-0.2, 0) is 6.54 Å². The zero-order valence-electron chi connectivity index (χ0n) is 12.4. The summed E-state index contributed by atoms with van der Waals surface area (Å²) in [7, 11) is 0. The van der Waals surface area contributed by atoms with Gasteiger partial charge in [0.25, 0.3) is 5.91 Å². The highest BCUT2D eigenvalue weighted by Gasteiger charge is 2.15. The zero-order valence-corrected chi connectivity index (χ0v) is 13.3. The minimum Gasteiger partial charge on any atom is -0.298 e. The maximum atomic E-state index is 13.5. The van der Waals surface area contributed by atoms with E-state index in [2.05, 4.69) is 15.2 Å². The van der Waals surface area contributed by atoms with Crippen LogP contribution in [0.15, 0.2) is 23.6 Å². The van der Waals surface area contributed by atoms with Crippen molar-refractivity contribution in [2.75, 3.05) is 18.4 Å². The molecule has 1 N–H and O–H groups in total. The molecule has 0 spiro atoms. The smallest absolute Gasteiger partial charge is 0.257 e. The molecule has 3 rings (SSSR count). The molecule has 0 atom stereocenters. The maximum Gasteiger partial charge on any atom is 0.257 e. The van der Waals surface area contributed by atoms with Crippen molar-refractivity contribution in [2.24, 2.45) is 0 Å². The molecule has 6 heteroatoms. The Balaban J connectivity index is 1.63. The molecular weight excluding hydrogens is 301 g/mol. The van der Waals surface area contributed by atoms with Crippen molar-refractivity contribution in [1.29, 1.82) is 0 Å². The van der Waals surface area contributed by atoms with Crippen LogP contribution in [0.1, 0.15) is 34.5 Å². The highest BCUT2D eigenvalue weighted by Crippen LogP contribution is 2.20. The van der Waals surface area contributed by atoms with Crippen LogP contribution in [0.5, 0.6) is 0 Å². The number of nitrogens with zero attached hydrogens (tertiary/aromatic N) is 2. The van der Waals surface area contributed by atoms with Gasteiger partial charge in [-0.1, -0.05) is 6.07 Å². The molecule has 1 aliphatic rings. The lowest BCUT2D eigenvalue weighted by atomic mass is 10.1. The van der Waals surface area contributed by atoms with Gasteiger partial charge >= 0.3 is 0 Å². The zero-order chi connectivity index (χ0) is 15.5. The molecule has 1 aromatic heterocycles. The van der Waals surface area contributed by atoms with Crippen molar-refractivity contribution < 1.29 is 9.18 Å². The van der Waals surface area contributed by atoms with Gasteiger partial charge in [-0.15, -0.1) is 11.3 Å². The number of amides is 1. The fourth-order valence-corrected chi connectivity index (χ4v) is 3.21. The summed E-state index contributed by atoms with van der Waals surface area (Å²) >= 11 is 1.40. The van der Waals surface area contributed by atoms with Gasteiger partial charge in [0.2, 0.25) is 0 Å². The van der Waals surface area contributed by atoms with Crippen molar-refractivity contribution in [3.8, 4) is 0 Å². The summed E-state index contributed by atoms with van der Waals surface area (Å²) in [4.78, 5) is 18.9. The minimum atomic E-state index is -0.374. The summed E-state index contributed by atoms with van der Waals surface area (Å²) in [6.45, 7) is 4.72. The van der Waals surface area contributed by atoms with Gasteiger partial charge in [0.1, 0.15) is 5.82 Å². The molecule has 0 saturated carbocycles. The van der Waals surface area contributed by atoms with Gasteiger partial charge in [0.15, 0.2) is 5.13 Å². The molecule has 22 heavy (non-hydrogen) atoms. The molecule has 1 amide bonds. The summed E-state index contributed by atoms with van der Waals surface area (Å²) in [5, 5.41) is 5.25. The van der Waals surface area contributed by atoms with Crippen LogP contribution in [0, 0.1) is 12.7 Å². The number of aryl methyl sites for hydroxylation is 1. The third kappa shape index (κ3) is 3.51. The molecule has 116 valence electrons. The predicted molar refractivity (Wildman–Crippen MR) is 85.7 cm³/mol. The Morgan fingerprint density at radius 3 is 2.91 bits per heavy atom. The fourth-order valence-electron chi connectivity index (χ4n) is 2.51. The first kappa shape index (κ1) is 15.1. The number of hydrogen-bond donors (Lipinski definition) is 1. The van der Waals surface area contributed by atoms with Crippen molar-refractivity contribution in [3.05, 3.63) is 46.2 Å². The van der Waals surface area contributed by atoms with Crippen molar-refractivity contribution >= 4 is 22.4 Å². The lowest BCUT2D eigenvalue weighted by molar-refractivity contribution is 0.102. The molecule has 0 unspecified atom stereocenters. The summed E-state index contributed by atoms with van der Waals surface area (Å²) in [6.07, 6.45) is 2.49. The van der Waals surface area contributed by atoms with Gasteiger partial charge in [0, 0.05) is 17.5 Å². The Hall–Kier alpha value is -1.79. The summed E-state index contributed by atoms with van der Waals surface area (Å²) in [6, 6.07) is 4.47. The Morgan fingerprint density at radius 1 is 1.41 bits per heavy atom. The van der Waals surface area contributed by atoms with E-state index in [1.807, 2.05) is 5.38 Å². The second-order valence-corrected chi connectivity index (χ2v) is 6.40. The average molecular weight is 319 g/mol. The molecule has 4 nitrogen and oxygen atoms in total. The molecule has 1 aromatic carbocycles. The normalized spacial score (nSPS) is 15.2. The number of anilines is 1. The van der Waals surface area contributed by atoms with Crippen LogP contribution < -0.4 is 5.32 Å². The first-order valence-electron chi connectivity index (χ1n) is 7.36. The molecule has 0 aliphatic carbocycles. The Kier molecular flexibility index (Phi) is 4.49. The van der Waals surface area contributed by atoms with E-state index in [1.165, 1.54) is 30.2 Å². The Labute approximate surface area is 133 Å². The lowest BCUT2D eigenvalue weighted by Gasteiger charge is -2.11. The quantitative estimate of drug-likeness (QED) is 0.939. The number of aromatic nitrogens is 1. The number of benzene rings is 1. The van der Waals surface area contributed by atoms with Crippen molar-refractivity contribution in [2.45, 2.75) is 26.3 Å². The first-order valence-corrected chi connectivity index (χ1v) is 8.24.